The first-order valence-corrected chi connectivity index (χ1v) is 10.1. The van der Waals surface area contributed by atoms with E-state index in [1.807, 2.05) is 12.1 Å². The molecule has 1 saturated heterocycles. The second-order valence-corrected chi connectivity index (χ2v) is 7.75. The highest BCUT2D eigenvalue weighted by molar-refractivity contribution is 5.57. The first-order valence-electron chi connectivity index (χ1n) is 10.1. The maximum atomic E-state index is 9.52. The molecule has 1 atom stereocenters. The van der Waals surface area contributed by atoms with Gasteiger partial charge in [-0.05, 0) is 37.0 Å². The molecule has 1 saturated carbocycles. The third-order valence-corrected chi connectivity index (χ3v) is 6.03. The van der Waals surface area contributed by atoms with E-state index >= 15 is 0 Å². The summed E-state index contributed by atoms with van der Waals surface area (Å²) in [7, 11) is 0. The molecule has 1 unspecified atom stereocenters. The molecule has 2 fully saturated rings. The monoisotopic (exact) mass is 354 g/mol. The lowest BCUT2D eigenvalue weighted by Gasteiger charge is -2.44. The number of aliphatic hydroxyl groups excluding tert-OH is 1. The molecule has 1 aromatic heterocycles. The van der Waals surface area contributed by atoms with E-state index in [2.05, 4.69) is 34.1 Å². The van der Waals surface area contributed by atoms with E-state index in [9.17, 15) is 5.11 Å². The molecule has 0 amide bonds. The molecule has 140 valence electrons. The first-order chi connectivity index (χ1) is 12.8. The molecule has 0 radical (unpaired) electrons. The van der Waals surface area contributed by atoms with Crippen molar-refractivity contribution in [2.75, 3.05) is 26.2 Å². The lowest BCUT2D eigenvalue weighted by atomic mass is 10.0. The van der Waals surface area contributed by atoms with Crippen LogP contribution in [0.15, 0.2) is 47.1 Å². The zero-order chi connectivity index (χ0) is 17.8. The molecule has 0 bridgehead atoms. The van der Waals surface area contributed by atoms with Gasteiger partial charge < -0.3 is 9.52 Å². The van der Waals surface area contributed by atoms with Crippen molar-refractivity contribution in [3.05, 3.63) is 48.2 Å². The van der Waals surface area contributed by atoms with E-state index in [-0.39, 0.29) is 0 Å². The van der Waals surface area contributed by atoms with Crippen molar-refractivity contribution in [1.82, 2.24) is 9.80 Å². The molecule has 26 heavy (non-hydrogen) atoms. The Balaban J connectivity index is 1.37. The molecule has 2 aliphatic rings. The van der Waals surface area contributed by atoms with Crippen molar-refractivity contribution >= 4 is 0 Å². The minimum absolute atomic E-state index is 0.291. The summed E-state index contributed by atoms with van der Waals surface area (Å²) < 4.78 is 5.47. The second kappa shape index (κ2) is 8.38. The lowest BCUT2D eigenvalue weighted by molar-refractivity contribution is 0.0267. The summed E-state index contributed by atoms with van der Waals surface area (Å²) >= 11 is 0. The van der Waals surface area contributed by atoms with Crippen molar-refractivity contribution < 1.29 is 9.52 Å². The number of furan rings is 1. The quantitative estimate of drug-likeness (QED) is 0.857. The summed E-state index contributed by atoms with van der Waals surface area (Å²) in [5.74, 6) is 0.921. The van der Waals surface area contributed by atoms with Gasteiger partial charge in [-0.2, -0.15) is 0 Å². The van der Waals surface area contributed by atoms with E-state index in [1.165, 1.54) is 31.2 Å². The highest BCUT2D eigenvalue weighted by Crippen LogP contribution is 2.28. The Hall–Kier alpha value is -1.62. The Morgan fingerprint density at radius 2 is 1.85 bits per heavy atom. The van der Waals surface area contributed by atoms with Crippen LogP contribution < -0.4 is 0 Å². The van der Waals surface area contributed by atoms with Crippen LogP contribution >= 0.6 is 0 Å². The molecular weight excluding hydrogens is 324 g/mol. The van der Waals surface area contributed by atoms with Crippen LogP contribution in [0.1, 0.15) is 37.7 Å². The largest absolute Gasteiger partial charge is 0.464 e. The summed E-state index contributed by atoms with van der Waals surface area (Å²) in [4.78, 5) is 5.24. The van der Waals surface area contributed by atoms with Crippen LogP contribution in [0, 0.1) is 0 Å². The fourth-order valence-corrected chi connectivity index (χ4v) is 4.68. The van der Waals surface area contributed by atoms with E-state index < -0.39 is 0 Å². The van der Waals surface area contributed by atoms with Gasteiger partial charge in [-0.3, -0.25) is 9.80 Å². The Morgan fingerprint density at radius 1 is 1.04 bits per heavy atom. The van der Waals surface area contributed by atoms with Crippen LogP contribution in [-0.2, 0) is 6.54 Å². The second-order valence-electron chi connectivity index (χ2n) is 7.75. The number of benzene rings is 1. The first kappa shape index (κ1) is 17.8. The van der Waals surface area contributed by atoms with Crippen molar-refractivity contribution in [3.8, 4) is 11.3 Å². The van der Waals surface area contributed by atoms with E-state index in [0.717, 1.165) is 50.0 Å². The minimum atomic E-state index is 0.291. The predicted octanol–water partition coefficient (Wildman–Crippen LogP) is 3.76. The molecule has 2 heterocycles. The van der Waals surface area contributed by atoms with Gasteiger partial charge in [-0.25, -0.2) is 0 Å². The third-order valence-electron chi connectivity index (χ3n) is 6.03. The van der Waals surface area contributed by atoms with Crippen LogP contribution in [0.2, 0.25) is 0 Å². The topological polar surface area (TPSA) is 39.9 Å². The van der Waals surface area contributed by atoms with Gasteiger partial charge in [0.2, 0.25) is 0 Å². The minimum Gasteiger partial charge on any atom is -0.464 e. The molecule has 4 heteroatoms. The maximum Gasteiger partial charge on any atom is 0.133 e. The van der Waals surface area contributed by atoms with E-state index in [1.54, 1.807) is 6.26 Å². The van der Waals surface area contributed by atoms with Crippen molar-refractivity contribution in [1.29, 1.82) is 0 Å². The van der Waals surface area contributed by atoms with Crippen molar-refractivity contribution in [2.24, 2.45) is 0 Å². The average Bonchev–Trinajstić information content (AvgIpc) is 3.37. The van der Waals surface area contributed by atoms with E-state index in [4.69, 9.17) is 4.42 Å². The number of nitrogens with zero attached hydrogens (tertiary/aromatic N) is 2. The van der Waals surface area contributed by atoms with Gasteiger partial charge >= 0.3 is 0 Å². The van der Waals surface area contributed by atoms with Gasteiger partial charge in [-0.15, -0.1) is 0 Å². The van der Waals surface area contributed by atoms with Crippen LogP contribution in [-0.4, -0.2) is 53.2 Å². The average molecular weight is 354 g/mol. The van der Waals surface area contributed by atoms with Crippen molar-refractivity contribution in [3.63, 3.8) is 0 Å². The van der Waals surface area contributed by atoms with Crippen LogP contribution in [0.4, 0.5) is 0 Å². The summed E-state index contributed by atoms with van der Waals surface area (Å²) in [5.41, 5.74) is 2.47. The van der Waals surface area contributed by atoms with Gasteiger partial charge in [0.1, 0.15) is 5.76 Å². The normalized spacial score (nSPS) is 22.9. The fourth-order valence-electron chi connectivity index (χ4n) is 4.68. The van der Waals surface area contributed by atoms with Gasteiger partial charge in [0.05, 0.1) is 6.26 Å². The Morgan fingerprint density at radius 3 is 2.54 bits per heavy atom. The molecule has 1 aliphatic carbocycles. The number of aliphatic hydroxyl groups is 1. The third kappa shape index (κ3) is 4.03. The van der Waals surface area contributed by atoms with Crippen LogP contribution in [0.25, 0.3) is 11.3 Å². The zero-order valence-corrected chi connectivity index (χ0v) is 15.5. The Kier molecular flexibility index (Phi) is 5.73. The number of piperazine rings is 1. The molecule has 1 aliphatic heterocycles. The van der Waals surface area contributed by atoms with Gasteiger partial charge in [0.25, 0.3) is 0 Å². The van der Waals surface area contributed by atoms with Gasteiger partial charge in [-0.1, -0.05) is 37.1 Å². The molecule has 2 aromatic rings. The molecule has 1 N–H and O–H groups in total. The van der Waals surface area contributed by atoms with Gasteiger partial charge in [0.15, 0.2) is 0 Å². The van der Waals surface area contributed by atoms with E-state index in [0.29, 0.717) is 12.6 Å². The summed E-state index contributed by atoms with van der Waals surface area (Å²) in [6, 6.07) is 13.9. The molecule has 1 aromatic carbocycles. The SMILES string of the molecule is OCCC1CN(Cc2ccc(-c3ccco3)cc2)CCN1C1CCCC1. The van der Waals surface area contributed by atoms with Crippen molar-refractivity contribution in [2.45, 2.75) is 50.7 Å². The standard InChI is InChI=1S/C22H30N2O2/c25-14-11-21-17-23(12-13-24(21)20-4-1-2-5-20)16-18-7-9-19(10-8-18)22-6-3-15-26-22/h3,6-10,15,20-21,25H,1-2,4-5,11-14,16-17H2. The number of rotatable bonds is 6. The Labute approximate surface area is 156 Å². The molecule has 4 nitrogen and oxygen atoms in total. The summed E-state index contributed by atoms with van der Waals surface area (Å²) in [5, 5.41) is 9.52. The zero-order valence-electron chi connectivity index (χ0n) is 15.5. The number of hydrogen-bond acceptors (Lipinski definition) is 4. The predicted molar refractivity (Wildman–Crippen MR) is 104 cm³/mol. The summed E-state index contributed by atoms with van der Waals surface area (Å²) in [6.45, 7) is 4.60. The highest BCUT2D eigenvalue weighted by Gasteiger charge is 2.32. The van der Waals surface area contributed by atoms with Crippen LogP contribution in [0.5, 0.6) is 0 Å². The smallest absolute Gasteiger partial charge is 0.133 e. The molecule has 4 rings (SSSR count). The van der Waals surface area contributed by atoms with Crippen LogP contribution in [0.3, 0.4) is 0 Å². The molecule has 0 spiro atoms. The summed E-state index contributed by atoms with van der Waals surface area (Å²) in [6.07, 6.45) is 8.04. The maximum absolute atomic E-state index is 9.52. The highest BCUT2D eigenvalue weighted by atomic mass is 16.3. The molecular formula is C22H30N2O2. The number of hydrogen-bond donors (Lipinski definition) is 1. The Bertz CT molecular complexity index is 662. The fraction of sp³-hybridized carbons (Fsp3) is 0.545. The lowest BCUT2D eigenvalue weighted by Crippen LogP contribution is -2.55. The van der Waals surface area contributed by atoms with Gasteiger partial charge in [0, 0.05) is 50.4 Å².